The number of likely N-dealkylation sites (tertiary alicyclic amines) is 1. The minimum Gasteiger partial charge on any atom is -0.492 e. The van der Waals surface area contributed by atoms with Gasteiger partial charge in [-0.05, 0) is 95.2 Å². The molecule has 0 radical (unpaired) electrons. The van der Waals surface area contributed by atoms with Gasteiger partial charge in [-0.3, -0.25) is 9.69 Å². The summed E-state index contributed by atoms with van der Waals surface area (Å²) in [5.74, 6) is 1.41. The van der Waals surface area contributed by atoms with E-state index in [-0.39, 0.29) is 11.9 Å². The lowest BCUT2D eigenvalue weighted by Gasteiger charge is -2.36. The van der Waals surface area contributed by atoms with Gasteiger partial charge in [0.15, 0.2) is 0 Å². The van der Waals surface area contributed by atoms with Crippen molar-refractivity contribution in [2.75, 3.05) is 47.9 Å². The first-order chi connectivity index (χ1) is 16.7. The van der Waals surface area contributed by atoms with Crippen LogP contribution in [-0.4, -0.2) is 80.6 Å². The number of rotatable bonds is 10. The van der Waals surface area contributed by atoms with E-state index in [9.17, 15) is 4.79 Å². The standard InChI is InChI=1S/C28H39Cl2N3O2/c1-6-24(31(2)3)19-35-27-18-23(30)11-12-25(27)21-13-15-33(16-14-21)28(34)26(32(4)5)17-20-7-9-22(29)10-8-20/h7-12,18,21,24,26H,6,13-17,19H2,1-5H3/t24-,26-/m1/s1. The van der Waals surface area contributed by atoms with E-state index < -0.39 is 0 Å². The summed E-state index contributed by atoms with van der Waals surface area (Å²) in [6, 6.07) is 13.9. The highest BCUT2D eigenvalue weighted by atomic mass is 35.5. The van der Waals surface area contributed by atoms with Gasteiger partial charge in [-0.2, -0.15) is 0 Å². The van der Waals surface area contributed by atoms with Crippen molar-refractivity contribution in [2.45, 2.75) is 50.6 Å². The van der Waals surface area contributed by atoms with Crippen LogP contribution in [0.1, 0.15) is 43.2 Å². The Hall–Kier alpha value is -1.79. The summed E-state index contributed by atoms with van der Waals surface area (Å²) in [6.45, 7) is 4.29. The largest absolute Gasteiger partial charge is 0.492 e. The number of nitrogens with zero attached hydrogens (tertiary/aromatic N) is 3. The molecule has 0 bridgehead atoms. The van der Waals surface area contributed by atoms with Gasteiger partial charge in [0, 0.05) is 29.2 Å². The summed E-state index contributed by atoms with van der Waals surface area (Å²) < 4.78 is 6.28. The fourth-order valence-corrected chi connectivity index (χ4v) is 5.03. The van der Waals surface area contributed by atoms with Crippen LogP contribution in [0.25, 0.3) is 0 Å². The quantitative estimate of drug-likeness (QED) is 0.409. The zero-order valence-electron chi connectivity index (χ0n) is 21.6. The van der Waals surface area contributed by atoms with Crippen molar-refractivity contribution in [1.82, 2.24) is 14.7 Å². The van der Waals surface area contributed by atoms with Crippen LogP contribution in [0, 0.1) is 0 Å². The summed E-state index contributed by atoms with van der Waals surface area (Å²) in [5, 5.41) is 1.39. The average Bonchev–Trinajstić information content (AvgIpc) is 2.83. The Labute approximate surface area is 220 Å². The highest BCUT2D eigenvalue weighted by molar-refractivity contribution is 6.30. The lowest BCUT2D eigenvalue weighted by molar-refractivity contribution is -0.137. The highest BCUT2D eigenvalue weighted by Gasteiger charge is 2.31. The van der Waals surface area contributed by atoms with Gasteiger partial charge in [0.1, 0.15) is 12.4 Å². The molecule has 7 heteroatoms. The van der Waals surface area contributed by atoms with Crippen LogP contribution in [0.5, 0.6) is 5.75 Å². The molecule has 0 saturated carbocycles. The Morgan fingerprint density at radius 3 is 2.20 bits per heavy atom. The zero-order chi connectivity index (χ0) is 25.5. The molecule has 0 N–H and O–H groups in total. The van der Waals surface area contributed by atoms with Crippen LogP contribution in [0.15, 0.2) is 42.5 Å². The number of carbonyl (C=O) groups excluding carboxylic acids is 1. The van der Waals surface area contributed by atoms with Crippen LogP contribution in [0.3, 0.4) is 0 Å². The molecule has 2 aromatic carbocycles. The smallest absolute Gasteiger partial charge is 0.240 e. The van der Waals surface area contributed by atoms with Gasteiger partial charge in [-0.15, -0.1) is 0 Å². The molecule has 1 amide bonds. The number of hydrogen-bond donors (Lipinski definition) is 0. The maximum atomic E-state index is 13.5. The van der Waals surface area contributed by atoms with E-state index in [1.54, 1.807) is 0 Å². The van der Waals surface area contributed by atoms with Gasteiger partial charge in [0.05, 0.1) is 6.04 Å². The minimum absolute atomic E-state index is 0.188. The van der Waals surface area contributed by atoms with Crippen LogP contribution in [0.2, 0.25) is 10.0 Å². The van der Waals surface area contributed by atoms with Crippen molar-refractivity contribution in [3.63, 3.8) is 0 Å². The molecular formula is C28H39Cl2N3O2. The normalized spacial score (nSPS) is 16.5. The molecule has 1 fully saturated rings. The fraction of sp³-hybridized carbons (Fsp3) is 0.536. The Balaban J connectivity index is 1.65. The van der Waals surface area contributed by atoms with Gasteiger partial charge in [-0.1, -0.05) is 48.3 Å². The minimum atomic E-state index is -0.195. The number of halogens is 2. The lowest BCUT2D eigenvalue weighted by Crippen LogP contribution is -2.49. The number of likely N-dealkylation sites (N-methyl/N-ethyl adjacent to an activating group) is 2. The summed E-state index contributed by atoms with van der Waals surface area (Å²) in [7, 11) is 8.11. The van der Waals surface area contributed by atoms with Crippen LogP contribution >= 0.6 is 23.2 Å². The van der Waals surface area contributed by atoms with Crippen molar-refractivity contribution < 1.29 is 9.53 Å². The van der Waals surface area contributed by atoms with E-state index in [0.29, 0.717) is 35.0 Å². The van der Waals surface area contributed by atoms with Gasteiger partial charge < -0.3 is 14.5 Å². The Kier molecular flexibility index (Phi) is 10.3. The van der Waals surface area contributed by atoms with Crippen LogP contribution in [0.4, 0.5) is 0 Å². The van der Waals surface area contributed by atoms with Gasteiger partial charge in [0.25, 0.3) is 0 Å². The summed E-state index contributed by atoms with van der Waals surface area (Å²) in [6.07, 6.45) is 3.51. The van der Waals surface area contributed by atoms with Crippen molar-refractivity contribution in [1.29, 1.82) is 0 Å². The number of benzene rings is 2. The number of ether oxygens (including phenoxy) is 1. The molecule has 1 aliphatic heterocycles. The molecule has 1 aliphatic rings. The Morgan fingerprint density at radius 1 is 1.00 bits per heavy atom. The van der Waals surface area contributed by atoms with E-state index in [0.717, 1.165) is 43.7 Å². The molecule has 1 saturated heterocycles. The van der Waals surface area contributed by atoms with E-state index in [1.807, 2.05) is 60.3 Å². The predicted octanol–water partition coefficient (Wildman–Crippen LogP) is 5.59. The monoisotopic (exact) mass is 519 g/mol. The SMILES string of the molecule is CC[C@H](COc1cc(Cl)ccc1C1CCN(C(=O)[C@@H](Cc2ccc(Cl)cc2)N(C)C)CC1)N(C)C. The highest BCUT2D eigenvalue weighted by Crippen LogP contribution is 2.36. The third-order valence-corrected chi connectivity index (χ3v) is 7.59. The molecule has 35 heavy (non-hydrogen) atoms. The third kappa shape index (κ3) is 7.60. The number of hydrogen-bond acceptors (Lipinski definition) is 4. The molecule has 2 atom stereocenters. The van der Waals surface area contributed by atoms with E-state index >= 15 is 0 Å². The molecule has 2 aromatic rings. The molecule has 0 aliphatic carbocycles. The molecular weight excluding hydrogens is 481 g/mol. The first kappa shape index (κ1) is 27.8. The average molecular weight is 521 g/mol. The molecule has 0 aromatic heterocycles. The molecule has 5 nitrogen and oxygen atoms in total. The summed E-state index contributed by atoms with van der Waals surface area (Å²) in [5.41, 5.74) is 2.31. The van der Waals surface area contributed by atoms with E-state index in [4.69, 9.17) is 27.9 Å². The van der Waals surface area contributed by atoms with Crippen molar-refractivity contribution in [3.8, 4) is 5.75 Å². The van der Waals surface area contributed by atoms with Crippen LogP contribution in [-0.2, 0) is 11.2 Å². The molecule has 0 unspecified atom stereocenters. The second-order valence-corrected chi connectivity index (χ2v) is 10.8. The van der Waals surface area contributed by atoms with Crippen molar-refractivity contribution >= 4 is 29.1 Å². The van der Waals surface area contributed by atoms with Gasteiger partial charge in [0.2, 0.25) is 5.91 Å². The van der Waals surface area contributed by atoms with Gasteiger partial charge >= 0.3 is 0 Å². The molecule has 0 spiro atoms. The maximum Gasteiger partial charge on any atom is 0.240 e. The Bertz CT molecular complexity index is 957. The predicted molar refractivity (Wildman–Crippen MR) is 146 cm³/mol. The van der Waals surface area contributed by atoms with E-state index in [2.05, 4.69) is 32.0 Å². The summed E-state index contributed by atoms with van der Waals surface area (Å²) in [4.78, 5) is 19.7. The first-order valence-electron chi connectivity index (χ1n) is 12.5. The van der Waals surface area contributed by atoms with Crippen LogP contribution < -0.4 is 4.74 Å². The molecule has 192 valence electrons. The third-order valence-electron chi connectivity index (χ3n) is 7.11. The number of piperidine rings is 1. The maximum absolute atomic E-state index is 13.5. The summed E-state index contributed by atoms with van der Waals surface area (Å²) >= 11 is 12.3. The van der Waals surface area contributed by atoms with E-state index in [1.165, 1.54) is 5.56 Å². The fourth-order valence-electron chi connectivity index (χ4n) is 4.74. The van der Waals surface area contributed by atoms with Crippen molar-refractivity contribution in [2.24, 2.45) is 0 Å². The molecule has 3 rings (SSSR count). The van der Waals surface area contributed by atoms with Crippen molar-refractivity contribution in [3.05, 3.63) is 63.6 Å². The Morgan fingerprint density at radius 2 is 1.63 bits per heavy atom. The van der Waals surface area contributed by atoms with Gasteiger partial charge in [-0.25, -0.2) is 0 Å². The zero-order valence-corrected chi connectivity index (χ0v) is 23.1. The molecule has 1 heterocycles. The first-order valence-corrected chi connectivity index (χ1v) is 13.2. The second kappa shape index (κ2) is 13.0. The lowest BCUT2D eigenvalue weighted by atomic mass is 9.88. The second-order valence-electron chi connectivity index (χ2n) is 9.93. The number of amides is 1. The topological polar surface area (TPSA) is 36.0 Å². The number of carbonyl (C=O) groups is 1.